The fourth-order valence-corrected chi connectivity index (χ4v) is 2.31. The van der Waals surface area contributed by atoms with Gasteiger partial charge in [0.2, 0.25) is 0 Å². The molecule has 0 heterocycles. The van der Waals surface area contributed by atoms with Crippen molar-refractivity contribution in [3.05, 3.63) is 29.3 Å². The number of benzene rings is 1. The van der Waals surface area contributed by atoms with E-state index in [1.54, 1.807) is 0 Å². The minimum Gasteiger partial charge on any atom is -0.491 e. The maximum Gasteiger partial charge on any atom is 0.119 e. The summed E-state index contributed by atoms with van der Waals surface area (Å²) >= 11 is 0. The first-order chi connectivity index (χ1) is 8.81. The molecule has 0 radical (unpaired) electrons. The molecule has 0 spiro atoms. The number of aryl methyl sites for hydroxylation is 1. The average Bonchev–Trinajstić information content (AvgIpc) is 2.39. The quantitative estimate of drug-likeness (QED) is 0.789. The Kier molecular flexibility index (Phi) is 5.02. The SMILES string of the molecule is CCCOCCOc1ccc2c(c1)[C@H](O)CCC2. The van der Waals surface area contributed by atoms with Crippen LogP contribution < -0.4 is 4.74 Å². The van der Waals surface area contributed by atoms with Gasteiger partial charge in [-0.2, -0.15) is 0 Å². The van der Waals surface area contributed by atoms with Crippen molar-refractivity contribution in [1.29, 1.82) is 0 Å². The summed E-state index contributed by atoms with van der Waals surface area (Å²) in [6.45, 7) is 4.06. The van der Waals surface area contributed by atoms with Gasteiger partial charge < -0.3 is 14.6 Å². The summed E-state index contributed by atoms with van der Waals surface area (Å²) < 4.78 is 11.0. The topological polar surface area (TPSA) is 38.7 Å². The summed E-state index contributed by atoms with van der Waals surface area (Å²) in [5.74, 6) is 0.829. The van der Waals surface area contributed by atoms with Crippen molar-refractivity contribution in [3.63, 3.8) is 0 Å². The molecule has 3 nitrogen and oxygen atoms in total. The van der Waals surface area contributed by atoms with Gasteiger partial charge in [-0.25, -0.2) is 0 Å². The van der Waals surface area contributed by atoms with Gasteiger partial charge in [0.25, 0.3) is 0 Å². The normalized spacial score (nSPS) is 18.4. The number of aliphatic hydroxyl groups is 1. The fourth-order valence-electron chi connectivity index (χ4n) is 2.31. The van der Waals surface area contributed by atoms with Crippen molar-refractivity contribution in [3.8, 4) is 5.75 Å². The van der Waals surface area contributed by atoms with Gasteiger partial charge >= 0.3 is 0 Å². The minimum absolute atomic E-state index is 0.325. The Morgan fingerprint density at radius 1 is 1.28 bits per heavy atom. The standard InChI is InChI=1S/C15H22O3/c1-2-8-17-9-10-18-13-7-6-12-4-3-5-15(16)14(12)11-13/h6-7,11,15-16H,2-5,8-10H2,1H3/t15-/m1/s1. The largest absolute Gasteiger partial charge is 0.491 e. The second kappa shape index (κ2) is 6.76. The Labute approximate surface area is 109 Å². The van der Waals surface area contributed by atoms with Gasteiger partial charge in [0.15, 0.2) is 0 Å². The fraction of sp³-hybridized carbons (Fsp3) is 0.600. The molecular weight excluding hydrogens is 228 g/mol. The highest BCUT2D eigenvalue weighted by molar-refractivity contribution is 5.38. The molecule has 0 bridgehead atoms. The lowest BCUT2D eigenvalue weighted by molar-refractivity contribution is 0.100. The zero-order valence-corrected chi connectivity index (χ0v) is 11.0. The monoisotopic (exact) mass is 250 g/mol. The number of hydrogen-bond donors (Lipinski definition) is 1. The van der Waals surface area contributed by atoms with Crippen molar-refractivity contribution in [2.24, 2.45) is 0 Å². The second-order valence-electron chi connectivity index (χ2n) is 4.73. The average molecular weight is 250 g/mol. The highest BCUT2D eigenvalue weighted by Gasteiger charge is 2.18. The maximum absolute atomic E-state index is 9.95. The van der Waals surface area contributed by atoms with Crippen LogP contribution in [0.1, 0.15) is 43.4 Å². The van der Waals surface area contributed by atoms with Gasteiger partial charge in [0.05, 0.1) is 12.7 Å². The lowest BCUT2D eigenvalue weighted by Crippen LogP contribution is -2.11. The Morgan fingerprint density at radius 3 is 3.00 bits per heavy atom. The predicted molar refractivity (Wildman–Crippen MR) is 70.9 cm³/mol. The highest BCUT2D eigenvalue weighted by atomic mass is 16.5. The zero-order chi connectivity index (χ0) is 12.8. The van der Waals surface area contributed by atoms with E-state index in [9.17, 15) is 5.11 Å². The molecule has 18 heavy (non-hydrogen) atoms. The van der Waals surface area contributed by atoms with Crippen LogP contribution in [0.15, 0.2) is 18.2 Å². The Morgan fingerprint density at radius 2 is 2.17 bits per heavy atom. The first-order valence-corrected chi connectivity index (χ1v) is 6.82. The molecule has 1 aromatic carbocycles. The molecule has 0 fully saturated rings. The molecule has 3 heteroatoms. The Balaban J connectivity index is 1.88. The molecule has 0 saturated carbocycles. The summed E-state index contributed by atoms with van der Waals surface area (Å²) in [7, 11) is 0. The van der Waals surface area contributed by atoms with Crippen LogP contribution in [0.25, 0.3) is 0 Å². The molecule has 1 aliphatic rings. The van der Waals surface area contributed by atoms with E-state index in [1.807, 2.05) is 12.1 Å². The zero-order valence-electron chi connectivity index (χ0n) is 11.0. The van der Waals surface area contributed by atoms with Crippen LogP contribution in [0.3, 0.4) is 0 Å². The van der Waals surface area contributed by atoms with Crippen LogP contribution in [-0.4, -0.2) is 24.9 Å². The minimum atomic E-state index is -0.325. The Hall–Kier alpha value is -1.06. The van der Waals surface area contributed by atoms with Crippen LogP contribution in [0, 0.1) is 0 Å². The molecular formula is C15H22O3. The molecule has 0 saturated heterocycles. The van der Waals surface area contributed by atoms with Crippen LogP contribution in [0.5, 0.6) is 5.75 Å². The third kappa shape index (κ3) is 3.47. The van der Waals surface area contributed by atoms with Crippen molar-refractivity contribution in [2.45, 2.75) is 38.7 Å². The Bertz CT molecular complexity index is 376. The van der Waals surface area contributed by atoms with Crippen LogP contribution >= 0.6 is 0 Å². The maximum atomic E-state index is 9.95. The molecule has 1 aliphatic carbocycles. The van der Waals surface area contributed by atoms with E-state index in [1.165, 1.54) is 5.56 Å². The van der Waals surface area contributed by atoms with Gasteiger partial charge in [-0.1, -0.05) is 13.0 Å². The summed E-state index contributed by atoms with van der Waals surface area (Å²) in [5.41, 5.74) is 2.29. The molecule has 0 aromatic heterocycles. The first kappa shape index (κ1) is 13.4. The van der Waals surface area contributed by atoms with E-state index in [4.69, 9.17) is 9.47 Å². The summed E-state index contributed by atoms with van der Waals surface area (Å²) in [6.07, 6.45) is 3.70. The summed E-state index contributed by atoms with van der Waals surface area (Å²) in [5, 5.41) is 9.95. The third-order valence-corrected chi connectivity index (χ3v) is 3.24. The molecule has 0 aliphatic heterocycles. The molecule has 0 amide bonds. The van der Waals surface area contributed by atoms with Gasteiger partial charge in [0.1, 0.15) is 12.4 Å². The second-order valence-corrected chi connectivity index (χ2v) is 4.73. The van der Waals surface area contributed by atoms with Crippen molar-refractivity contribution in [2.75, 3.05) is 19.8 Å². The number of rotatable bonds is 6. The van der Waals surface area contributed by atoms with Crippen molar-refractivity contribution in [1.82, 2.24) is 0 Å². The van der Waals surface area contributed by atoms with E-state index in [2.05, 4.69) is 13.0 Å². The van der Waals surface area contributed by atoms with E-state index in [-0.39, 0.29) is 6.10 Å². The van der Waals surface area contributed by atoms with Crippen LogP contribution in [0.4, 0.5) is 0 Å². The van der Waals surface area contributed by atoms with Crippen LogP contribution in [-0.2, 0) is 11.2 Å². The molecule has 1 N–H and O–H groups in total. The molecule has 100 valence electrons. The lowest BCUT2D eigenvalue weighted by atomic mass is 9.89. The van der Waals surface area contributed by atoms with Crippen molar-refractivity contribution >= 4 is 0 Å². The van der Waals surface area contributed by atoms with Gasteiger partial charge in [-0.15, -0.1) is 0 Å². The van der Waals surface area contributed by atoms with E-state index in [0.717, 1.165) is 43.6 Å². The first-order valence-electron chi connectivity index (χ1n) is 6.82. The van der Waals surface area contributed by atoms with Crippen molar-refractivity contribution < 1.29 is 14.6 Å². The predicted octanol–water partition coefficient (Wildman–Crippen LogP) is 2.86. The highest BCUT2D eigenvalue weighted by Crippen LogP contribution is 2.32. The lowest BCUT2D eigenvalue weighted by Gasteiger charge is -2.22. The summed E-state index contributed by atoms with van der Waals surface area (Å²) in [4.78, 5) is 0. The number of aliphatic hydroxyl groups excluding tert-OH is 1. The van der Waals surface area contributed by atoms with Gasteiger partial charge in [-0.3, -0.25) is 0 Å². The number of hydrogen-bond acceptors (Lipinski definition) is 3. The van der Waals surface area contributed by atoms with E-state index in [0.29, 0.717) is 13.2 Å². The van der Waals surface area contributed by atoms with E-state index < -0.39 is 0 Å². The molecule has 1 aromatic rings. The molecule has 1 atom stereocenters. The third-order valence-electron chi connectivity index (χ3n) is 3.24. The summed E-state index contributed by atoms with van der Waals surface area (Å²) in [6, 6.07) is 6.02. The smallest absolute Gasteiger partial charge is 0.119 e. The van der Waals surface area contributed by atoms with E-state index >= 15 is 0 Å². The number of ether oxygens (including phenoxy) is 2. The number of fused-ring (bicyclic) bond motifs is 1. The van der Waals surface area contributed by atoms with Gasteiger partial charge in [0, 0.05) is 6.61 Å². The van der Waals surface area contributed by atoms with Gasteiger partial charge in [-0.05, 0) is 48.9 Å². The molecule has 0 unspecified atom stereocenters. The van der Waals surface area contributed by atoms with Crippen LogP contribution in [0.2, 0.25) is 0 Å². The molecule has 2 rings (SSSR count).